The number of urea groups is 1. The number of rotatable bonds is 7. The Hall–Kier alpha value is -3.00. The molecule has 0 saturated carbocycles. The van der Waals surface area contributed by atoms with Crippen molar-refractivity contribution < 1.29 is 23.9 Å². The molecule has 9 heteroatoms. The maximum Gasteiger partial charge on any atom is 0.339 e. The van der Waals surface area contributed by atoms with Crippen molar-refractivity contribution >= 4 is 29.5 Å². The molecule has 0 atom stereocenters. The van der Waals surface area contributed by atoms with Crippen molar-refractivity contribution in [1.82, 2.24) is 16.0 Å². The number of carbonyl (C=O) groups is 3. The van der Waals surface area contributed by atoms with E-state index in [-0.39, 0.29) is 24.4 Å². The summed E-state index contributed by atoms with van der Waals surface area (Å²) in [6.07, 6.45) is 1.23. The van der Waals surface area contributed by atoms with Crippen LogP contribution in [-0.4, -0.2) is 29.6 Å². The van der Waals surface area contributed by atoms with Gasteiger partial charge in [-0.25, -0.2) is 9.59 Å². The Kier molecular flexibility index (Phi) is 6.41. The van der Waals surface area contributed by atoms with Gasteiger partial charge >= 0.3 is 12.0 Å². The second-order valence-electron chi connectivity index (χ2n) is 5.00. The normalized spacial score (nSPS) is 10.1. The lowest BCUT2D eigenvalue weighted by Crippen LogP contribution is -2.41. The van der Waals surface area contributed by atoms with Crippen LogP contribution in [0.1, 0.15) is 21.7 Å². The average molecular weight is 366 g/mol. The highest BCUT2D eigenvalue weighted by Gasteiger charge is 2.14. The van der Waals surface area contributed by atoms with Crippen molar-refractivity contribution in [3.8, 4) is 0 Å². The first-order valence-electron chi connectivity index (χ1n) is 7.28. The van der Waals surface area contributed by atoms with Crippen molar-refractivity contribution in [2.24, 2.45) is 0 Å². The smallest absolute Gasteiger partial charge is 0.339 e. The third-order valence-corrected chi connectivity index (χ3v) is 3.45. The Morgan fingerprint density at radius 2 is 1.72 bits per heavy atom. The van der Waals surface area contributed by atoms with E-state index in [0.29, 0.717) is 11.6 Å². The molecule has 0 radical (unpaired) electrons. The molecule has 132 valence electrons. The van der Waals surface area contributed by atoms with Crippen LogP contribution < -0.4 is 16.0 Å². The standard InChI is InChI=1S/C16H16ClN3O5/c17-11-3-1-10(2-4-11)7-19-16(24)20-9-14(21)18-8-13-12(15(22)23)5-6-25-13/h1-6H,7-9H2,(H,18,21)(H,22,23)(H2,19,20,24). The second-order valence-corrected chi connectivity index (χ2v) is 5.44. The molecule has 0 aliphatic heterocycles. The van der Waals surface area contributed by atoms with E-state index in [4.69, 9.17) is 21.1 Å². The summed E-state index contributed by atoms with van der Waals surface area (Å²) in [7, 11) is 0. The zero-order chi connectivity index (χ0) is 18.2. The number of carboxylic acids is 1. The van der Waals surface area contributed by atoms with E-state index in [2.05, 4.69) is 16.0 Å². The van der Waals surface area contributed by atoms with E-state index in [9.17, 15) is 14.4 Å². The van der Waals surface area contributed by atoms with Gasteiger partial charge in [-0.1, -0.05) is 23.7 Å². The summed E-state index contributed by atoms with van der Waals surface area (Å²) in [5.41, 5.74) is 0.844. The first-order chi connectivity index (χ1) is 12.0. The van der Waals surface area contributed by atoms with Crippen LogP contribution in [0.5, 0.6) is 0 Å². The molecule has 25 heavy (non-hydrogen) atoms. The SMILES string of the molecule is O=C(CNC(=O)NCc1ccc(Cl)cc1)NCc1occc1C(=O)O. The Morgan fingerprint density at radius 1 is 1.00 bits per heavy atom. The van der Waals surface area contributed by atoms with Crippen molar-refractivity contribution in [3.63, 3.8) is 0 Å². The molecule has 0 fully saturated rings. The molecular formula is C16H16ClN3O5. The number of halogens is 1. The second kappa shape index (κ2) is 8.74. The predicted molar refractivity (Wildman–Crippen MR) is 89.2 cm³/mol. The summed E-state index contributed by atoms with van der Waals surface area (Å²) in [6.45, 7) is -0.0455. The van der Waals surface area contributed by atoms with Crippen molar-refractivity contribution in [3.05, 3.63) is 58.5 Å². The van der Waals surface area contributed by atoms with Gasteiger partial charge in [0.05, 0.1) is 19.4 Å². The van der Waals surface area contributed by atoms with Gasteiger partial charge in [-0.05, 0) is 23.8 Å². The number of nitrogens with one attached hydrogen (secondary N) is 3. The van der Waals surface area contributed by atoms with Gasteiger partial charge < -0.3 is 25.5 Å². The van der Waals surface area contributed by atoms with Gasteiger partial charge in [-0.3, -0.25) is 4.79 Å². The number of hydrogen-bond donors (Lipinski definition) is 4. The van der Waals surface area contributed by atoms with Crippen molar-refractivity contribution in [2.45, 2.75) is 13.1 Å². The summed E-state index contributed by atoms with van der Waals surface area (Å²) in [5, 5.41) is 17.0. The summed E-state index contributed by atoms with van der Waals surface area (Å²) in [4.78, 5) is 34.2. The minimum absolute atomic E-state index is 0.0195. The fourth-order valence-electron chi connectivity index (χ4n) is 1.92. The summed E-state index contributed by atoms with van der Waals surface area (Å²) in [6, 6.07) is 7.77. The molecule has 4 N–H and O–H groups in total. The Morgan fingerprint density at radius 3 is 2.40 bits per heavy atom. The Bertz CT molecular complexity index is 757. The van der Waals surface area contributed by atoms with Crippen LogP contribution in [0.2, 0.25) is 5.02 Å². The fraction of sp³-hybridized carbons (Fsp3) is 0.188. The molecule has 0 spiro atoms. The molecule has 1 aromatic heterocycles. The van der Waals surface area contributed by atoms with E-state index < -0.39 is 17.9 Å². The quantitative estimate of drug-likeness (QED) is 0.595. The van der Waals surface area contributed by atoms with E-state index in [1.54, 1.807) is 24.3 Å². The molecule has 2 aromatic rings. The van der Waals surface area contributed by atoms with E-state index in [1.807, 2.05) is 0 Å². The van der Waals surface area contributed by atoms with Crippen molar-refractivity contribution in [2.75, 3.05) is 6.54 Å². The summed E-state index contributed by atoms with van der Waals surface area (Å²) in [5.74, 6) is -1.49. The Labute approximate surface area is 148 Å². The van der Waals surface area contributed by atoms with Crippen LogP contribution >= 0.6 is 11.6 Å². The number of benzene rings is 1. The van der Waals surface area contributed by atoms with Crippen molar-refractivity contribution in [1.29, 1.82) is 0 Å². The maximum atomic E-state index is 11.7. The number of carboxylic acid groups (broad SMARTS) is 1. The van der Waals surface area contributed by atoms with E-state index in [0.717, 1.165) is 5.56 Å². The summed E-state index contributed by atoms with van der Waals surface area (Å²) < 4.78 is 4.99. The van der Waals surface area contributed by atoms with Crippen LogP contribution in [0.15, 0.2) is 41.0 Å². The van der Waals surface area contributed by atoms with Gasteiger partial charge in [0.1, 0.15) is 11.3 Å². The highest BCUT2D eigenvalue weighted by atomic mass is 35.5. The number of aromatic carboxylic acids is 1. The largest absolute Gasteiger partial charge is 0.478 e. The van der Waals surface area contributed by atoms with Gasteiger partial charge in [0.25, 0.3) is 0 Å². The molecular weight excluding hydrogens is 350 g/mol. The van der Waals surface area contributed by atoms with Crippen LogP contribution in [0.25, 0.3) is 0 Å². The molecule has 1 heterocycles. The molecule has 2 rings (SSSR count). The minimum Gasteiger partial charge on any atom is -0.478 e. The number of hydrogen-bond acceptors (Lipinski definition) is 4. The molecule has 0 unspecified atom stereocenters. The summed E-state index contributed by atoms with van der Waals surface area (Å²) >= 11 is 5.77. The predicted octanol–water partition coefficient (Wildman–Crippen LogP) is 1.75. The monoisotopic (exact) mass is 365 g/mol. The lowest BCUT2D eigenvalue weighted by Gasteiger charge is -2.08. The third-order valence-electron chi connectivity index (χ3n) is 3.20. The minimum atomic E-state index is -1.14. The number of furan rings is 1. The molecule has 8 nitrogen and oxygen atoms in total. The molecule has 0 aliphatic rings. The lowest BCUT2D eigenvalue weighted by molar-refractivity contribution is -0.120. The molecule has 3 amide bonds. The zero-order valence-corrected chi connectivity index (χ0v) is 13.8. The van der Waals surface area contributed by atoms with Gasteiger partial charge in [0, 0.05) is 11.6 Å². The molecule has 0 bridgehead atoms. The van der Waals surface area contributed by atoms with Crippen LogP contribution in [0.3, 0.4) is 0 Å². The van der Waals surface area contributed by atoms with Gasteiger partial charge in [0.15, 0.2) is 0 Å². The van der Waals surface area contributed by atoms with Gasteiger partial charge in [0.2, 0.25) is 5.91 Å². The van der Waals surface area contributed by atoms with Gasteiger partial charge in [-0.15, -0.1) is 0 Å². The Balaban J connectivity index is 1.68. The lowest BCUT2D eigenvalue weighted by atomic mass is 10.2. The number of carbonyl (C=O) groups excluding carboxylic acids is 2. The van der Waals surface area contributed by atoms with Crippen LogP contribution in [0.4, 0.5) is 4.79 Å². The highest BCUT2D eigenvalue weighted by Crippen LogP contribution is 2.10. The molecule has 0 saturated heterocycles. The number of amides is 3. The zero-order valence-electron chi connectivity index (χ0n) is 13.0. The topological polar surface area (TPSA) is 121 Å². The first-order valence-corrected chi connectivity index (χ1v) is 7.66. The van der Waals surface area contributed by atoms with E-state index in [1.165, 1.54) is 12.3 Å². The highest BCUT2D eigenvalue weighted by molar-refractivity contribution is 6.30. The van der Waals surface area contributed by atoms with Crippen LogP contribution in [-0.2, 0) is 17.9 Å². The maximum absolute atomic E-state index is 11.7. The average Bonchev–Trinajstić information content (AvgIpc) is 3.06. The third kappa shape index (κ3) is 5.85. The molecule has 1 aromatic carbocycles. The first kappa shape index (κ1) is 18.3. The molecule has 0 aliphatic carbocycles. The fourth-order valence-corrected chi connectivity index (χ4v) is 2.04. The van der Waals surface area contributed by atoms with E-state index >= 15 is 0 Å². The van der Waals surface area contributed by atoms with Crippen LogP contribution in [0, 0.1) is 0 Å². The van der Waals surface area contributed by atoms with Gasteiger partial charge in [-0.2, -0.15) is 0 Å².